The molecular formula is C12H23NO. The number of isocyanates is 1. The molecule has 0 aromatic carbocycles. The van der Waals surface area contributed by atoms with Crippen molar-refractivity contribution in [3.8, 4) is 0 Å². The lowest BCUT2D eigenvalue weighted by atomic mass is 9.87. The quantitative estimate of drug-likeness (QED) is 0.330. The van der Waals surface area contributed by atoms with Gasteiger partial charge >= 0.3 is 0 Å². The molecule has 0 rings (SSSR count). The highest BCUT2D eigenvalue weighted by atomic mass is 16.1. The fourth-order valence-electron chi connectivity index (χ4n) is 1.80. The van der Waals surface area contributed by atoms with Gasteiger partial charge in [0.25, 0.3) is 0 Å². The molecule has 0 unspecified atom stereocenters. The molecule has 0 heterocycles. The molecule has 0 saturated carbocycles. The fraction of sp³-hybridized carbons (Fsp3) is 0.917. The van der Waals surface area contributed by atoms with E-state index in [1.54, 1.807) is 6.08 Å². The monoisotopic (exact) mass is 197 g/mol. The van der Waals surface area contributed by atoms with Crippen LogP contribution in [-0.4, -0.2) is 11.6 Å². The van der Waals surface area contributed by atoms with Gasteiger partial charge in [0.15, 0.2) is 0 Å². The molecule has 0 aromatic rings. The van der Waals surface area contributed by atoms with Crippen LogP contribution in [-0.2, 0) is 4.79 Å². The second-order valence-corrected chi connectivity index (χ2v) is 3.95. The van der Waals surface area contributed by atoms with Gasteiger partial charge in [-0.05, 0) is 19.3 Å². The van der Waals surface area contributed by atoms with E-state index in [0.717, 1.165) is 19.3 Å². The molecule has 2 nitrogen and oxygen atoms in total. The Labute approximate surface area is 87.8 Å². The Balaban J connectivity index is 4.01. The smallest absolute Gasteiger partial charge is 0.211 e. The third-order valence-corrected chi connectivity index (χ3v) is 3.09. The maximum atomic E-state index is 10.3. The molecule has 0 N–H and O–H groups in total. The summed E-state index contributed by atoms with van der Waals surface area (Å²) >= 11 is 0. The van der Waals surface area contributed by atoms with Crippen molar-refractivity contribution in [2.45, 2.75) is 71.3 Å². The Bertz CT molecular complexity index is 179. The standard InChI is InChI=1S/C12H23NO/c1-4-7-8-9-10-12(5-2,6-3)13-11-14/h4-10H2,1-3H3. The number of rotatable bonds is 8. The van der Waals surface area contributed by atoms with Crippen LogP contribution in [0.15, 0.2) is 4.99 Å². The molecule has 0 saturated heterocycles. The van der Waals surface area contributed by atoms with Gasteiger partial charge in [0.1, 0.15) is 0 Å². The highest BCUT2D eigenvalue weighted by molar-refractivity contribution is 5.34. The van der Waals surface area contributed by atoms with E-state index in [2.05, 4.69) is 25.8 Å². The van der Waals surface area contributed by atoms with Crippen LogP contribution in [0.4, 0.5) is 0 Å². The van der Waals surface area contributed by atoms with Crippen LogP contribution in [0.1, 0.15) is 65.7 Å². The van der Waals surface area contributed by atoms with Gasteiger partial charge in [0.2, 0.25) is 6.08 Å². The summed E-state index contributed by atoms with van der Waals surface area (Å²) < 4.78 is 0. The minimum Gasteiger partial charge on any atom is -0.211 e. The van der Waals surface area contributed by atoms with Gasteiger partial charge in [0, 0.05) is 0 Å². The number of carbonyl (C=O) groups excluding carboxylic acids is 1. The first-order chi connectivity index (χ1) is 6.74. The van der Waals surface area contributed by atoms with Gasteiger partial charge in [-0.1, -0.05) is 46.5 Å². The average Bonchev–Trinajstić information content (AvgIpc) is 2.23. The Morgan fingerprint density at radius 2 is 1.71 bits per heavy atom. The predicted molar refractivity (Wildman–Crippen MR) is 60.2 cm³/mol. The maximum absolute atomic E-state index is 10.3. The van der Waals surface area contributed by atoms with Gasteiger partial charge in [-0.15, -0.1) is 0 Å². The number of unbranched alkanes of at least 4 members (excludes halogenated alkanes) is 3. The lowest BCUT2D eigenvalue weighted by molar-refractivity contribution is 0.352. The van der Waals surface area contributed by atoms with E-state index in [-0.39, 0.29) is 5.54 Å². The van der Waals surface area contributed by atoms with E-state index in [1.807, 2.05) is 0 Å². The number of hydrogen-bond donors (Lipinski definition) is 0. The molecule has 0 spiro atoms. The summed E-state index contributed by atoms with van der Waals surface area (Å²) in [7, 11) is 0. The number of aliphatic imine (C=N–C) groups is 1. The van der Waals surface area contributed by atoms with Gasteiger partial charge in [-0.2, -0.15) is 4.99 Å². The zero-order valence-electron chi connectivity index (χ0n) is 9.81. The zero-order chi connectivity index (χ0) is 10.9. The normalized spacial score (nSPS) is 11.1. The first-order valence-corrected chi connectivity index (χ1v) is 5.83. The third-order valence-electron chi connectivity index (χ3n) is 3.09. The van der Waals surface area contributed by atoms with Gasteiger partial charge in [-0.3, -0.25) is 0 Å². The van der Waals surface area contributed by atoms with Crippen molar-refractivity contribution in [3.05, 3.63) is 0 Å². The van der Waals surface area contributed by atoms with Crippen LogP contribution in [0.25, 0.3) is 0 Å². The first kappa shape index (κ1) is 13.4. The SMILES string of the molecule is CCCCCCC(CC)(CC)N=C=O. The Kier molecular flexibility index (Phi) is 7.41. The van der Waals surface area contributed by atoms with Crippen molar-refractivity contribution in [2.75, 3.05) is 0 Å². The first-order valence-electron chi connectivity index (χ1n) is 5.83. The lowest BCUT2D eigenvalue weighted by Crippen LogP contribution is -2.24. The molecule has 0 aliphatic rings. The molecule has 14 heavy (non-hydrogen) atoms. The van der Waals surface area contributed by atoms with E-state index in [4.69, 9.17) is 0 Å². The predicted octanol–water partition coefficient (Wildman–Crippen LogP) is 3.85. The van der Waals surface area contributed by atoms with Gasteiger partial charge < -0.3 is 0 Å². The topological polar surface area (TPSA) is 29.4 Å². The molecule has 0 bridgehead atoms. The zero-order valence-corrected chi connectivity index (χ0v) is 9.81. The van der Waals surface area contributed by atoms with Crippen LogP contribution in [0.5, 0.6) is 0 Å². The fourth-order valence-corrected chi connectivity index (χ4v) is 1.80. The van der Waals surface area contributed by atoms with Gasteiger partial charge in [-0.25, -0.2) is 4.79 Å². The van der Waals surface area contributed by atoms with Crippen LogP contribution in [0.2, 0.25) is 0 Å². The van der Waals surface area contributed by atoms with Crippen LogP contribution < -0.4 is 0 Å². The van der Waals surface area contributed by atoms with Crippen molar-refractivity contribution < 1.29 is 4.79 Å². The van der Waals surface area contributed by atoms with E-state index in [9.17, 15) is 4.79 Å². The molecule has 0 fully saturated rings. The highest BCUT2D eigenvalue weighted by Crippen LogP contribution is 2.27. The molecular weight excluding hydrogens is 174 g/mol. The summed E-state index contributed by atoms with van der Waals surface area (Å²) in [6, 6.07) is 0. The second-order valence-electron chi connectivity index (χ2n) is 3.95. The van der Waals surface area contributed by atoms with Crippen molar-refractivity contribution in [1.82, 2.24) is 0 Å². The minimum atomic E-state index is -0.116. The summed E-state index contributed by atoms with van der Waals surface area (Å²) in [5, 5.41) is 0. The Morgan fingerprint density at radius 3 is 2.14 bits per heavy atom. The molecule has 0 aliphatic heterocycles. The van der Waals surface area contributed by atoms with E-state index >= 15 is 0 Å². The molecule has 82 valence electrons. The lowest BCUT2D eigenvalue weighted by Gasteiger charge is -2.25. The molecule has 0 atom stereocenters. The average molecular weight is 197 g/mol. The van der Waals surface area contributed by atoms with Gasteiger partial charge in [0.05, 0.1) is 5.54 Å². The van der Waals surface area contributed by atoms with Crippen molar-refractivity contribution >= 4 is 6.08 Å². The van der Waals surface area contributed by atoms with Crippen molar-refractivity contribution in [2.24, 2.45) is 4.99 Å². The largest absolute Gasteiger partial charge is 0.235 e. The molecule has 0 radical (unpaired) electrons. The van der Waals surface area contributed by atoms with Crippen LogP contribution in [0, 0.1) is 0 Å². The minimum absolute atomic E-state index is 0.116. The van der Waals surface area contributed by atoms with E-state index in [0.29, 0.717) is 0 Å². The van der Waals surface area contributed by atoms with Crippen molar-refractivity contribution in [3.63, 3.8) is 0 Å². The summed E-state index contributed by atoms with van der Waals surface area (Å²) in [4.78, 5) is 14.3. The number of nitrogens with zero attached hydrogens (tertiary/aromatic N) is 1. The van der Waals surface area contributed by atoms with Crippen LogP contribution in [0.3, 0.4) is 0 Å². The number of hydrogen-bond acceptors (Lipinski definition) is 2. The molecule has 0 amide bonds. The molecule has 0 aromatic heterocycles. The van der Waals surface area contributed by atoms with E-state index in [1.165, 1.54) is 25.7 Å². The Morgan fingerprint density at radius 1 is 1.07 bits per heavy atom. The second kappa shape index (κ2) is 7.75. The summed E-state index contributed by atoms with van der Waals surface area (Å²) in [6.07, 6.45) is 9.64. The third kappa shape index (κ3) is 4.57. The van der Waals surface area contributed by atoms with E-state index < -0.39 is 0 Å². The van der Waals surface area contributed by atoms with Crippen molar-refractivity contribution in [1.29, 1.82) is 0 Å². The molecule has 2 heteroatoms. The maximum Gasteiger partial charge on any atom is 0.235 e. The summed E-state index contributed by atoms with van der Waals surface area (Å²) in [6.45, 7) is 6.41. The summed E-state index contributed by atoms with van der Waals surface area (Å²) in [5.74, 6) is 0. The Hall–Kier alpha value is -0.620. The summed E-state index contributed by atoms with van der Waals surface area (Å²) in [5.41, 5.74) is -0.116. The van der Waals surface area contributed by atoms with Crippen LogP contribution >= 0.6 is 0 Å². The molecule has 0 aliphatic carbocycles. The highest BCUT2D eigenvalue weighted by Gasteiger charge is 2.24.